The van der Waals surface area contributed by atoms with Gasteiger partial charge in [0.05, 0.1) is 15.6 Å². The molecule has 1 saturated heterocycles. The number of nitro groups is 1. The minimum Gasteiger partial charge on any atom is -0.338 e. The number of aryl methyl sites for hydroxylation is 1. The summed E-state index contributed by atoms with van der Waals surface area (Å²) in [7, 11) is 0. The van der Waals surface area contributed by atoms with Crippen molar-refractivity contribution in [1.82, 2.24) is 9.80 Å². The van der Waals surface area contributed by atoms with Gasteiger partial charge >= 0.3 is 5.00 Å². The quantitative estimate of drug-likeness (QED) is 0.434. The molecule has 9 heteroatoms. The molecule has 1 fully saturated rings. The first-order valence-corrected chi connectivity index (χ1v) is 10.2. The van der Waals surface area contributed by atoms with E-state index in [1.54, 1.807) is 9.80 Å². The number of benzene rings is 1. The second-order valence-corrected chi connectivity index (χ2v) is 8.28. The first kappa shape index (κ1) is 19.4. The lowest BCUT2D eigenvalue weighted by molar-refractivity contribution is -0.380. The van der Waals surface area contributed by atoms with Crippen LogP contribution in [0.4, 0.5) is 5.00 Å². The molecule has 142 valence electrons. The van der Waals surface area contributed by atoms with E-state index in [1.807, 2.05) is 31.2 Å². The molecule has 0 N–H and O–H groups in total. The van der Waals surface area contributed by atoms with Crippen LogP contribution < -0.4 is 0 Å². The summed E-state index contributed by atoms with van der Waals surface area (Å²) in [4.78, 5) is 39.9. The van der Waals surface area contributed by atoms with E-state index in [4.69, 9.17) is 0 Å². The number of nitrogens with zero attached hydrogens (tertiary/aromatic N) is 3. The van der Waals surface area contributed by atoms with E-state index in [0.29, 0.717) is 36.8 Å². The highest BCUT2D eigenvalue weighted by molar-refractivity contribution is 8.00. The molecule has 2 aromatic rings. The Kier molecular flexibility index (Phi) is 6.12. The monoisotopic (exact) mass is 405 g/mol. The van der Waals surface area contributed by atoms with Gasteiger partial charge in [-0.15, -0.1) is 11.8 Å². The van der Waals surface area contributed by atoms with Crippen LogP contribution in [0, 0.1) is 17.0 Å². The van der Waals surface area contributed by atoms with Crippen molar-refractivity contribution in [2.45, 2.75) is 11.8 Å². The maximum Gasteiger partial charge on any atom is 0.324 e. The fourth-order valence-corrected chi connectivity index (χ4v) is 4.32. The lowest BCUT2D eigenvalue weighted by atomic mass is 10.2. The SMILES string of the molecule is Cc1ccc(SCC(=O)N2CCN(C(=O)c3ccc([N+](=O)[O-])s3)CC2)cc1. The van der Waals surface area contributed by atoms with Gasteiger partial charge in [0.25, 0.3) is 5.91 Å². The maximum atomic E-state index is 12.5. The van der Waals surface area contributed by atoms with Crippen molar-refractivity contribution in [2.24, 2.45) is 0 Å². The fraction of sp³-hybridized carbons (Fsp3) is 0.333. The van der Waals surface area contributed by atoms with Crippen LogP contribution in [0.25, 0.3) is 0 Å². The van der Waals surface area contributed by atoms with Crippen LogP contribution in [0.2, 0.25) is 0 Å². The van der Waals surface area contributed by atoms with Gasteiger partial charge < -0.3 is 9.80 Å². The molecule has 7 nitrogen and oxygen atoms in total. The summed E-state index contributed by atoms with van der Waals surface area (Å²) < 4.78 is 0. The molecule has 3 rings (SSSR count). The number of thiophene rings is 1. The Hall–Kier alpha value is -2.39. The first-order chi connectivity index (χ1) is 12.9. The molecule has 1 aliphatic heterocycles. The molecule has 2 amide bonds. The molecule has 0 saturated carbocycles. The Balaban J connectivity index is 1.48. The van der Waals surface area contributed by atoms with Gasteiger partial charge in [-0.1, -0.05) is 29.0 Å². The average Bonchev–Trinajstić information content (AvgIpc) is 3.17. The summed E-state index contributed by atoms with van der Waals surface area (Å²) in [5.41, 5.74) is 1.18. The normalized spacial score (nSPS) is 14.3. The number of piperazine rings is 1. The Morgan fingerprint density at radius 3 is 2.30 bits per heavy atom. The van der Waals surface area contributed by atoms with E-state index in [1.165, 1.54) is 29.5 Å². The Bertz CT molecular complexity index is 843. The molecule has 1 aliphatic rings. The summed E-state index contributed by atoms with van der Waals surface area (Å²) in [5.74, 6) is 0.211. The second-order valence-electron chi connectivity index (χ2n) is 6.17. The minimum absolute atomic E-state index is 0.0414. The molecule has 0 aliphatic carbocycles. The predicted molar refractivity (Wildman–Crippen MR) is 105 cm³/mol. The van der Waals surface area contributed by atoms with Gasteiger partial charge in [0.1, 0.15) is 0 Å². The van der Waals surface area contributed by atoms with Crippen molar-refractivity contribution in [3.8, 4) is 0 Å². The fourth-order valence-electron chi connectivity index (χ4n) is 2.73. The predicted octanol–water partition coefficient (Wildman–Crippen LogP) is 3.04. The van der Waals surface area contributed by atoms with E-state index in [9.17, 15) is 19.7 Å². The van der Waals surface area contributed by atoms with Crippen LogP contribution in [-0.2, 0) is 4.79 Å². The van der Waals surface area contributed by atoms with Gasteiger partial charge in [-0.25, -0.2) is 0 Å². The summed E-state index contributed by atoms with van der Waals surface area (Å²) in [6.45, 7) is 3.85. The molecule has 1 aromatic carbocycles. The van der Waals surface area contributed by atoms with Crippen LogP contribution >= 0.6 is 23.1 Å². The van der Waals surface area contributed by atoms with Gasteiger partial charge in [0.15, 0.2) is 0 Å². The van der Waals surface area contributed by atoms with Crippen molar-refractivity contribution >= 4 is 39.9 Å². The van der Waals surface area contributed by atoms with Crippen LogP contribution in [0.1, 0.15) is 15.2 Å². The van der Waals surface area contributed by atoms with Crippen molar-refractivity contribution < 1.29 is 14.5 Å². The zero-order chi connectivity index (χ0) is 19.4. The van der Waals surface area contributed by atoms with Crippen molar-refractivity contribution in [3.63, 3.8) is 0 Å². The topological polar surface area (TPSA) is 83.8 Å². The number of rotatable bonds is 5. The Labute approximate surface area is 165 Å². The third-order valence-electron chi connectivity index (χ3n) is 4.29. The Morgan fingerprint density at radius 1 is 1.07 bits per heavy atom. The van der Waals surface area contributed by atoms with Gasteiger partial charge in [-0.3, -0.25) is 19.7 Å². The standard InChI is InChI=1S/C18H19N3O4S2/c1-13-2-4-14(5-3-13)26-12-16(22)19-8-10-20(11-9-19)18(23)15-6-7-17(27-15)21(24)25/h2-7H,8-12H2,1H3. The number of amides is 2. The average molecular weight is 406 g/mol. The zero-order valence-electron chi connectivity index (χ0n) is 14.8. The number of thioether (sulfide) groups is 1. The van der Waals surface area contributed by atoms with Gasteiger partial charge in [-0.2, -0.15) is 0 Å². The smallest absolute Gasteiger partial charge is 0.324 e. The first-order valence-electron chi connectivity index (χ1n) is 8.45. The van der Waals surface area contributed by atoms with E-state index in [-0.39, 0.29) is 16.8 Å². The number of hydrogen-bond acceptors (Lipinski definition) is 6. The summed E-state index contributed by atoms with van der Waals surface area (Å²) >= 11 is 2.39. The molecule has 2 heterocycles. The maximum absolute atomic E-state index is 12.5. The number of carbonyl (C=O) groups is 2. The molecule has 0 unspecified atom stereocenters. The minimum atomic E-state index is -0.496. The molecule has 1 aromatic heterocycles. The third kappa shape index (κ3) is 4.86. The lowest BCUT2D eigenvalue weighted by Crippen LogP contribution is -2.51. The number of hydrogen-bond donors (Lipinski definition) is 0. The molecular weight excluding hydrogens is 386 g/mol. The highest BCUT2D eigenvalue weighted by atomic mass is 32.2. The van der Waals surface area contributed by atoms with E-state index in [2.05, 4.69) is 0 Å². The summed E-state index contributed by atoms with van der Waals surface area (Å²) in [6, 6.07) is 10.9. The largest absolute Gasteiger partial charge is 0.338 e. The van der Waals surface area contributed by atoms with Crippen LogP contribution in [0.15, 0.2) is 41.3 Å². The number of carbonyl (C=O) groups excluding carboxylic acids is 2. The summed E-state index contributed by atoms with van der Waals surface area (Å²) in [5, 5.41) is 10.7. The summed E-state index contributed by atoms with van der Waals surface area (Å²) in [6.07, 6.45) is 0. The van der Waals surface area contributed by atoms with E-state index >= 15 is 0 Å². The highest BCUT2D eigenvalue weighted by Crippen LogP contribution is 2.25. The Morgan fingerprint density at radius 2 is 1.70 bits per heavy atom. The van der Waals surface area contributed by atoms with Gasteiger partial charge in [0, 0.05) is 37.1 Å². The van der Waals surface area contributed by atoms with E-state index in [0.717, 1.165) is 16.2 Å². The van der Waals surface area contributed by atoms with Gasteiger partial charge in [-0.05, 0) is 25.1 Å². The molecule has 0 radical (unpaired) electrons. The zero-order valence-corrected chi connectivity index (χ0v) is 16.4. The third-order valence-corrected chi connectivity index (χ3v) is 6.31. The highest BCUT2D eigenvalue weighted by Gasteiger charge is 2.26. The lowest BCUT2D eigenvalue weighted by Gasteiger charge is -2.34. The van der Waals surface area contributed by atoms with Crippen LogP contribution in [0.3, 0.4) is 0 Å². The van der Waals surface area contributed by atoms with Crippen LogP contribution in [-0.4, -0.2) is 58.5 Å². The molecule has 0 atom stereocenters. The molecular formula is C18H19N3O4S2. The molecule has 0 bridgehead atoms. The molecule has 0 spiro atoms. The second kappa shape index (κ2) is 8.53. The van der Waals surface area contributed by atoms with E-state index < -0.39 is 4.92 Å². The van der Waals surface area contributed by atoms with Crippen molar-refractivity contribution in [2.75, 3.05) is 31.9 Å². The van der Waals surface area contributed by atoms with Gasteiger partial charge in [0.2, 0.25) is 5.91 Å². The van der Waals surface area contributed by atoms with Crippen LogP contribution in [0.5, 0.6) is 0 Å². The van der Waals surface area contributed by atoms with Crippen molar-refractivity contribution in [3.05, 3.63) is 57.0 Å². The molecule has 27 heavy (non-hydrogen) atoms. The van der Waals surface area contributed by atoms with Crippen molar-refractivity contribution in [1.29, 1.82) is 0 Å².